The summed E-state index contributed by atoms with van der Waals surface area (Å²) in [5.74, 6) is 0.230. The summed E-state index contributed by atoms with van der Waals surface area (Å²) in [6.45, 7) is 0. The largest absolute Gasteiger partial charge is 0.332 e. The van der Waals surface area contributed by atoms with Gasteiger partial charge in [0.2, 0.25) is 0 Å². The summed E-state index contributed by atoms with van der Waals surface area (Å²) in [4.78, 5) is 2.59. The maximum Gasteiger partial charge on any atom is 0.0788 e. The first-order chi connectivity index (χ1) is 44.7. The summed E-state index contributed by atoms with van der Waals surface area (Å²) < 4.78 is 12.8. The SMILES string of the molecule is C1=CC2c3ccc4c5ccccc5n(-c5ccc(-c6cc(-n7c8c(c9ccccc97)CCc7c-8n(-c8ccccc8)c8ccccc78)cc(-n7c8ccccc8c8ccc9c%10ccccc%10n(-c%10ccccc%10)c9c87)c6)cc5)c4c3N(c3ccccc3)C2C=C1. The Kier molecular flexibility index (Phi) is 10.4. The van der Waals surface area contributed by atoms with Gasteiger partial charge in [-0.15, -0.1) is 0 Å². The average molecular weight is 1150 g/mol. The van der Waals surface area contributed by atoms with Gasteiger partial charge in [-0.05, 0) is 138 Å². The Balaban J connectivity index is 0.874. The number of benzene rings is 12. The van der Waals surface area contributed by atoms with Crippen molar-refractivity contribution in [2.75, 3.05) is 4.90 Å². The molecule has 3 aliphatic rings. The lowest BCUT2D eigenvalue weighted by Gasteiger charge is -2.29. The van der Waals surface area contributed by atoms with Gasteiger partial charge in [0.15, 0.2) is 0 Å². The molecule has 17 aromatic rings. The molecule has 0 fully saturated rings. The Labute approximate surface area is 519 Å². The van der Waals surface area contributed by atoms with Gasteiger partial charge in [0.1, 0.15) is 0 Å². The molecule has 0 bridgehead atoms. The van der Waals surface area contributed by atoms with Gasteiger partial charge in [-0.2, -0.15) is 0 Å². The van der Waals surface area contributed by atoms with Gasteiger partial charge >= 0.3 is 0 Å². The second kappa shape index (κ2) is 19.0. The molecule has 0 saturated carbocycles. The van der Waals surface area contributed by atoms with E-state index < -0.39 is 0 Å². The highest BCUT2D eigenvalue weighted by Gasteiger charge is 2.40. The first-order valence-electron chi connectivity index (χ1n) is 31.5. The summed E-state index contributed by atoms with van der Waals surface area (Å²) in [6, 6.07) is 105. The molecule has 6 nitrogen and oxygen atoms in total. The lowest BCUT2D eigenvalue weighted by molar-refractivity contribution is 0.745. The van der Waals surface area contributed by atoms with Crippen LogP contribution in [0.1, 0.15) is 22.6 Å². The molecule has 1 aliphatic heterocycles. The summed E-state index contributed by atoms with van der Waals surface area (Å²) in [5, 5.41) is 9.97. The van der Waals surface area contributed by atoms with Crippen LogP contribution in [0.3, 0.4) is 0 Å². The van der Waals surface area contributed by atoms with E-state index in [2.05, 4.69) is 331 Å². The van der Waals surface area contributed by atoms with E-state index >= 15 is 0 Å². The van der Waals surface area contributed by atoms with Crippen molar-refractivity contribution in [3.05, 3.63) is 320 Å². The van der Waals surface area contributed by atoms with Gasteiger partial charge in [-0.3, -0.25) is 0 Å². The van der Waals surface area contributed by atoms with E-state index in [0.29, 0.717) is 0 Å². The zero-order chi connectivity index (χ0) is 58.7. The number of allylic oxidation sites excluding steroid dienone is 2. The van der Waals surface area contributed by atoms with E-state index in [1.54, 1.807) is 0 Å². The third-order valence-corrected chi connectivity index (χ3v) is 20.1. The highest BCUT2D eigenvalue weighted by atomic mass is 15.2. The van der Waals surface area contributed by atoms with Crippen molar-refractivity contribution >= 4 is 98.6 Å². The van der Waals surface area contributed by atoms with Gasteiger partial charge in [0.25, 0.3) is 0 Å². The number of anilines is 2. The normalized spacial score (nSPS) is 15.1. The summed E-state index contributed by atoms with van der Waals surface area (Å²) >= 11 is 0. The molecule has 2 aliphatic carbocycles. The molecule has 2 unspecified atom stereocenters. The van der Waals surface area contributed by atoms with E-state index in [-0.39, 0.29) is 12.0 Å². The van der Waals surface area contributed by atoms with Crippen molar-refractivity contribution in [3.63, 3.8) is 0 Å². The lowest BCUT2D eigenvalue weighted by atomic mass is 9.91. The highest BCUT2D eigenvalue weighted by molar-refractivity contribution is 6.24. The number of hydrogen-bond acceptors (Lipinski definition) is 1. The summed E-state index contributed by atoms with van der Waals surface area (Å²) in [5.41, 5.74) is 26.5. The van der Waals surface area contributed by atoms with Crippen molar-refractivity contribution in [2.45, 2.75) is 24.8 Å². The highest BCUT2D eigenvalue weighted by Crippen LogP contribution is 2.54. The minimum Gasteiger partial charge on any atom is -0.332 e. The maximum absolute atomic E-state index is 2.62. The fourth-order valence-electron chi connectivity index (χ4n) is 16.4. The fourth-order valence-corrected chi connectivity index (χ4v) is 16.4. The number of rotatable bonds is 7. The molecule has 2 atom stereocenters. The van der Waals surface area contributed by atoms with E-state index in [1.807, 2.05) is 0 Å². The van der Waals surface area contributed by atoms with Crippen molar-refractivity contribution in [1.29, 1.82) is 0 Å². The molecule has 0 radical (unpaired) electrons. The van der Waals surface area contributed by atoms with E-state index in [0.717, 1.165) is 57.9 Å². The Hall–Kier alpha value is -11.6. The molecule has 5 aromatic heterocycles. The maximum atomic E-state index is 2.62. The minimum absolute atomic E-state index is 0.164. The van der Waals surface area contributed by atoms with Crippen LogP contribution >= 0.6 is 0 Å². The van der Waals surface area contributed by atoms with Crippen LogP contribution in [-0.4, -0.2) is 28.9 Å². The van der Waals surface area contributed by atoms with Crippen LogP contribution in [0.2, 0.25) is 0 Å². The van der Waals surface area contributed by atoms with Crippen molar-refractivity contribution in [2.24, 2.45) is 0 Å². The molecule has 12 aromatic carbocycles. The predicted octanol–water partition coefficient (Wildman–Crippen LogP) is 21.0. The molecular formula is C84H56N6. The molecule has 20 rings (SSSR count). The minimum atomic E-state index is 0.164. The number of aryl methyl sites for hydroxylation is 2. The van der Waals surface area contributed by atoms with Crippen LogP contribution in [0.15, 0.2) is 303 Å². The van der Waals surface area contributed by atoms with Crippen molar-refractivity contribution in [3.8, 4) is 51.0 Å². The second-order valence-corrected chi connectivity index (χ2v) is 24.6. The van der Waals surface area contributed by atoms with Gasteiger partial charge in [0.05, 0.1) is 67.3 Å². The first-order valence-corrected chi connectivity index (χ1v) is 31.5. The molecule has 0 spiro atoms. The summed E-state index contributed by atoms with van der Waals surface area (Å²) in [7, 11) is 0. The zero-order valence-corrected chi connectivity index (χ0v) is 49.1. The zero-order valence-electron chi connectivity index (χ0n) is 49.1. The molecular weight excluding hydrogens is 1090 g/mol. The smallest absolute Gasteiger partial charge is 0.0788 e. The van der Waals surface area contributed by atoms with Crippen LogP contribution in [0.25, 0.3) is 138 Å². The fraction of sp³-hybridized carbons (Fsp3) is 0.0476. The monoisotopic (exact) mass is 1150 g/mol. The Morgan fingerprint density at radius 1 is 0.267 bits per heavy atom. The number of nitrogens with zero attached hydrogens (tertiary/aromatic N) is 6. The Bertz CT molecular complexity index is 5910. The van der Waals surface area contributed by atoms with Gasteiger partial charge in [-0.1, -0.05) is 206 Å². The van der Waals surface area contributed by atoms with E-state index in [9.17, 15) is 0 Å². The van der Waals surface area contributed by atoms with Gasteiger partial charge < -0.3 is 27.7 Å². The molecule has 6 heteroatoms. The third kappa shape index (κ3) is 6.87. The van der Waals surface area contributed by atoms with Crippen LogP contribution < -0.4 is 4.90 Å². The topological polar surface area (TPSA) is 27.9 Å². The van der Waals surface area contributed by atoms with Crippen LogP contribution in [0.5, 0.6) is 0 Å². The standard InChI is InChI=1S/C84H56N6/c1-4-22-55(23-5-1)85-73-34-16-10-28-61(73)67-44-45-68-64-31-13-19-37-76(64)88(80(68)79(67)85)58-42-40-53(41-43-58)54-50-59(89-77-38-20-14-32-65(77)71-48-46-69-62-29-11-17-35-74(62)86(81(69)83(71)89)56-24-6-2-7-25-56)52-60(51-54)90-78-39-21-15-33-66(78)72-49-47-70-63-30-12-18-36-75(63)87(82(70)84(72)90)57-26-8-3-9-27-57/h1-46,48,50-52,61,73H,47,49H2. The lowest BCUT2D eigenvalue weighted by Crippen LogP contribution is -2.28. The third-order valence-electron chi connectivity index (χ3n) is 20.1. The van der Waals surface area contributed by atoms with Gasteiger partial charge in [0, 0.05) is 83.1 Å². The molecule has 90 heavy (non-hydrogen) atoms. The number of fused-ring (bicyclic) bond motifs is 21. The average Bonchev–Trinajstić information content (AvgIpc) is 1.58. The number of aromatic nitrogens is 5. The van der Waals surface area contributed by atoms with Crippen molar-refractivity contribution in [1.82, 2.24) is 22.8 Å². The Morgan fingerprint density at radius 3 is 1.20 bits per heavy atom. The number of hydrogen-bond donors (Lipinski definition) is 0. The van der Waals surface area contributed by atoms with Crippen LogP contribution in [-0.2, 0) is 12.8 Å². The van der Waals surface area contributed by atoms with Crippen molar-refractivity contribution < 1.29 is 0 Å². The van der Waals surface area contributed by atoms with Crippen LogP contribution in [0.4, 0.5) is 11.4 Å². The van der Waals surface area contributed by atoms with Gasteiger partial charge in [-0.25, -0.2) is 0 Å². The summed E-state index contributed by atoms with van der Waals surface area (Å²) in [6.07, 6.45) is 11.1. The molecule has 0 saturated heterocycles. The Morgan fingerprint density at radius 2 is 0.656 bits per heavy atom. The quantitative estimate of drug-likeness (QED) is 0.156. The second-order valence-electron chi connectivity index (χ2n) is 24.6. The first kappa shape index (κ1) is 49.5. The predicted molar refractivity (Wildman–Crippen MR) is 375 cm³/mol. The van der Waals surface area contributed by atoms with E-state index in [1.165, 1.54) is 121 Å². The van der Waals surface area contributed by atoms with Crippen LogP contribution in [0, 0.1) is 0 Å². The van der Waals surface area contributed by atoms with E-state index in [4.69, 9.17) is 0 Å². The molecule has 0 amide bonds. The molecule has 0 N–H and O–H groups in total. The molecule has 422 valence electrons. The number of para-hydroxylation sites is 8. The molecule has 6 heterocycles.